The van der Waals surface area contributed by atoms with Gasteiger partial charge in [0.25, 0.3) is 0 Å². The first-order valence-corrected chi connectivity index (χ1v) is 8.40. The topological polar surface area (TPSA) is 61.9 Å². The van der Waals surface area contributed by atoms with Crippen molar-refractivity contribution in [2.24, 2.45) is 0 Å². The fourth-order valence-electron chi connectivity index (χ4n) is 2.20. The van der Waals surface area contributed by atoms with Gasteiger partial charge in [0.1, 0.15) is 5.60 Å². The van der Waals surface area contributed by atoms with Crippen LogP contribution in [0, 0.1) is 0 Å². The van der Waals surface area contributed by atoms with Crippen LogP contribution in [0.4, 0.5) is 15.3 Å². The zero-order chi connectivity index (χ0) is 17.9. The molecule has 1 aliphatic rings. The van der Waals surface area contributed by atoms with Crippen molar-refractivity contribution in [1.82, 2.24) is 9.80 Å². The molecule has 1 fully saturated rings. The molecule has 0 unspecified atom stereocenters. The lowest BCUT2D eigenvalue weighted by molar-refractivity contribution is 0.0174. The number of carbonyl (C=O) groups is 2. The van der Waals surface area contributed by atoms with Crippen molar-refractivity contribution in [2.45, 2.75) is 26.4 Å². The largest absolute Gasteiger partial charge is 0.444 e. The van der Waals surface area contributed by atoms with Crippen molar-refractivity contribution < 1.29 is 14.3 Å². The second-order valence-electron chi connectivity index (χ2n) is 6.51. The smallest absolute Gasteiger partial charge is 0.410 e. The summed E-state index contributed by atoms with van der Waals surface area (Å²) in [5.74, 6) is 0. The van der Waals surface area contributed by atoms with Gasteiger partial charge in [-0.25, -0.2) is 9.59 Å². The molecule has 2 rings (SSSR count). The second kappa shape index (κ2) is 7.49. The minimum atomic E-state index is -0.531. The van der Waals surface area contributed by atoms with E-state index in [9.17, 15) is 9.59 Å². The van der Waals surface area contributed by atoms with Crippen molar-refractivity contribution in [3.05, 3.63) is 28.2 Å². The fourth-order valence-corrected chi connectivity index (χ4v) is 2.66. The maximum atomic E-state index is 12.3. The molecule has 0 atom stereocenters. The van der Waals surface area contributed by atoms with Gasteiger partial charge < -0.3 is 19.9 Å². The van der Waals surface area contributed by atoms with E-state index < -0.39 is 5.60 Å². The summed E-state index contributed by atoms with van der Waals surface area (Å²) in [5.41, 5.74) is -0.0302. The lowest BCUT2D eigenvalue weighted by atomic mass is 10.2. The van der Waals surface area contributed by atoms with Crippen LogP contribution in [-0.2, 0) is 4.74 Å². The van der Waals surface area contributed by atoms with Gasteiger partial charge in [0.2, 0.25) is 0 Å². The molecular formula is C16H21Cl2N3O3. The number of piperazine rings is 1. The first kappa shape index (κ1) is 18.7. The number of benzene rings is 1. The maximum absolute atomic E-state index is 12.3. The summed E-state index contributed by atoms with van der Waals surface area (Å²) in [6.45, 7) is 7.18. The predicted molar refractivity (Wildman–Crippen MR) is 94.9 cm³/mol. The van der Waals surface area contributed by atoms with E-state index in [0.29, 0.717) is 41.9 Å². The van der Waals surface area contributed by atoms with Crippen LogP contribution in [0.5, 0.6) is 0 Å². The summed E-state index contributed by atoms with van der Waals surface area (Å²) in [4.78, 5) is 27.5. The normalized spacial score (nSPS) is 15.2. The van der Waals surface area contributed by atoms with E-state index in [4.69, 9.17) is 27.9 Å². The molecule has 0 bridgehead atoms. The lowest BCUT2D eigenvalue weighted by Crippen LogP contribution is -2.52. The van der Waals surface area contributed by atoms with E-state index in [1.165, 1.54) is 0 Å². The van der Waals surface area contributed by atoms with E-state index >= 15 is 0 Å². The number of amides is 3. The van der Waals surface area contributed by atoms with Crippen molar-refractivity contribution >= 4 is 41.0 Å². The van der Waals surface area contributed by atoms with Crippen molar-refractivity contribution in [2.75, 3.05) is 31.5 Å². The van der Waals surface area contributed by atoms with Crippen molar-refractivity contribution in [3.63, 3.8) is 0 Å². The molecule has 3 amide bonds. The lowest BCUT2D eigenvalue weighted by Gasteiger charge is -2.35. The Hall–Kier alpha value is -1.66. The highest BCUT2D eigenvalue weighted by atomic mass is 35.5. The van der Waals surface area contributed by atoms with Gasteiger partial charge in [-0.15, -0.1) is 0 Å². The standard InChI is InChI=1S/C16H21Cl2N3O3/c1-16(2,3)24-15(23)21-8-6-20(7-9-21)14(22)19-13-5-4-11(17)10-12(13)18/h4-5,10H,6-9H2,1-3H3,(H,19,22). The molecule has 0 aromatic heterocycles. The minimum absolute atomic E-state index is 0.261. The summed E-state index contributed by atoms with van der Waals surface area (Å²) in [6, 6.07) is 4.62. The van der Waals surface area contributed by atoms with Crippen LogP contribution in [0.1, 0.15) is 20.8 Å². The summed E-state index contributed by atoms with van der Waals surface area (Å²) in [7, 11) is 0. The number of anilines is 1. The number of rotatable bonds is 1. The molecule has 1 heterocycles. The Morgan fingerprint density at radius 1 is 1.08 bits per heavy atom. The van der Waals surface area contributed by atoms with Crippen LogP contribution in [0.15, 0.2) is 18.2 Å². The molecule has 132 valence electrons. The highest BCUT2D eigenvalue weighted by Crippen LogP contribution is 2.25. The Kier molecular flexibility index (Phi) is 5.83. The monoisotopic (exact) mass is 373 g/mol. The van der Waals surface area contributed by atoms with E-state index in [0.717, 1.165) is 0 Å². The molecule has 6 nitrogen and oxygen atoms in total. The van der Waals surface area contributed by atoms with Crippen LogP contribution in [0.2, 0.25) is 10.0 Å². The molecule has 0 saturated carbocycles. The molecule has 1 saturated heterocycles. The van der Waals surface area contributed by atoms with Gasteiger partial charge in [0, 0.05) is 31.2 Å². The molecule has 1 aromatic carbocycles. The number of hydrogen-bond acceptors (Lipinski definition) is 3. The number of urea groups is 1. The van der Waals surface area contributed by atoms with Gasteiger partial charge in [-0.1, -0.05) is 23.2 Å². The molecule has 0 spiro atoms. The number of hydrogen-bond donors (Lipinski definition) is 1. The summed E-state index contributed by atoms with van der Waals surface area (Å²) >= 11 is 11.9. The molecule has 8 heteroatoms. The van der Waals surface area contributed by atoms with Crippen LogP contribution in [-0.4, -0.2) is 53.7 Å². The highest BCUT2D eigenvalue weighted by Gasteiger charge is 2.27. The second-order valence-corrected chi connectivity index (χ2v) is 7.35. The Bertz CT molecular complexity index is 623. The van der Waals surface area contributed by atoms with Gasteiger partial charge in [-0.05, 0) is 39.0 Å². The third-order valence-corrected chi connectivity index (χ3v) is 3.94. The third-order valence-electron chi connectivity index (χ3n) is 3.39. The molecule has 1 aromatic rings. The van der Waals surface area contributed by atoms with E-state index in [1.54, 1.807) is 28.0 Å². The molecule has 0 radical (unpaired) electrons. The third kappa shape index (κ3) is 5.18. The molecule has 1 aliphatic heterocycles. The number of ether oxygens (including phenoxy) is 1. The SMILES string of the molecule is CC(C)(C)OC(=O)N1CCN(C(=O)Nc2ccc(Cl)cc2Cl)CC1. The average molecular weight is 374 g/mol. The van der Waals surface area contributed by atoms with E-state index in [-0.39, 0.29) is 12.1 Å². The number of nitrogens with zero attached hydrogens (tertiary/aromatic N) is 2. The van der Waals surface area contributed by atoms with E-state index in [2.05, 4.69) is 5.32 Å². The molecule has 0 aliphatic carbocycles. The number of nitrogens with one attached hydrogen (secondary N) is 1. The van der Waals surface area contributed by atoms with E-state index in [1.807, 2.05) is 20.8 Å². The Labute approximate surface area is 151 Å². The molecular weight excluding hydrogens is 353 g/mol. The summed E-state index contributed by atoms with van der Waals surface area (Å²) in [5, 5.41) is 3.63. The quantitative estimate of drug-likeness (QED) is 0.806. The number of carbonyl (C=O) groups excluding carboxylic acids is 2. The zero-order valence-corrected chi connectivity index (χ0v) is 15.4. The first-order chi connectivity index (χ1) is 11.2. The van der Waals surface area contributed by atoms with Crippen LogP contribution < -0.4 is 5.32 Å². The number of halogens is 2. The Morgan fingerprint density at radius 3 is 2.21 bits per heavy atom. The van der Waals surface area contributed by atoms with Gasteiger partial charge in [-0.3, -0.25) is 0 Å². The van der Waals surface area contributed by atoms with Gasteiger partial charge in [0.05, 0.1) is 10.7 Å². The van der Waals surface area contributed by atoms with Crippen LogP contribution >= 0.6 is 23.2 Å². The maximum Gasteiger partial charge on any atom is 0.410 e. The Balaban J connectivity index is 1.87. The average Bonchev–Trinajstić information content (AvgIpc) is 2.48. The summed E-state index contributed by atoms with van der Waals surface area (Å²) in [6.07, 6.45) is -0.358. The zero-order valence-electron chi connectivity index (χ0n) is 13.9. The molecule has 1 N–H and O–H groups in total. The Morgan fingerprint density at radius 2 is 1.67 bits per heavy atom. The first-order valence-electron chi connectivity index (χ1n) is 7.64. The van der Waals surface area contributed by atoms with Gasteiger partial charge >= 0.3 is 12.1 Å². The minimum Gasteiger partial charge on any atom is -0.444 e. The van der Waals surface area contributed by atoms with Gasteiger partial charge in [-0.2, -0.15) is 0 Å². The van der Waals surface area contributed by atoms with Crippen LogP contribution in [0.3, 0.4) is 0 Å². The van der Waals surface area contributed by atoms with Crippen molar-refractivity contribution in [3.8, 4) is 0 Å². The fraction of sp³-hybridized carbons (Fsp3) is 0.500. The highest BCUT2D eigenvalue weighted by molar-refractivity contribution is 6.36. The predicted octanol–water partition coefficient (Wildman–Crippen LogP) is 4.08. The molecule has 24 heavy (non-hydrogen) atoms. The van der Waals surface area contributed by atoms with Crippen molar-refractivity contribution in [1.29, 1.82) is 0 Å². The van der Waals surface area contributed by atoms with Crippen LogP contribution in [0.25, 0.3) is 0 Å². The summed E-state index contributed by atoms with van der Waals surface area (Å²) < 4.78 is 5.33. The van der Waals surface area contributed by atoms with Gasteiger partial charge in [0.15, 0.2) is 0 Å².